The van der Waals surface area contributed by atoms with E-state index in [4.69, 9.17) is 16.3 Å². The minimum absolute atomic E-state index is 0.103. The van der Waals surface area contributed by atoms with Gasteiger partial charge in [0.1, 0.15) is 18.4 Å². The van der Waals surface area contributed by atoms with E-state index in [1.165, 1.54) is 23.9 Å². The van der Waals surface area contributed by atoms with Gasteiger partial charge >= 0.3 is 12.1 Å². The van der Waals surface area contributed by atoms with Gasteiger partial charge in [0.25, 0.3) is 5.91 Å². The molecule has 0 radical (unpaired) electrons. The molecule has 0 fully saturated rings. The summed E-state index contributed by atoms with van der Waals surface area (Å²) in [6, 6.07) is 21.0. The minimum Gasteiger partial charge on any atom is -0.487 e. The molecule has 0 aliphatic carbocycles. The van der Waals surface area contributed by atoms with Crippen LogP contribution in [0, 0.1) is 0 Å². The minimum atomic E-state index is -4.46. The van der Waals surface area contributed by atoms with E-state index in [2.05, 4.69) is 5.32 Å². The van der Waals surface area contributed by atoms with Gasteiger partial charge in [0.2, 0.25) is 0 Å². The highest BCUT2D eigenvalue weighted by atomic mass is 35.5. The van der Waals surface area contributed by atoms with Crippen molar-refractivity contribution in [3.05, 3.63) is 112 Å². The van der Waals surface area contributed by atoms with E-state index in [1.807, 2.05) is 30.3 Å². The van der Waals surface area contributed by atoms with Crippen LogP contribution in [-0.2, 0) is 23.3 Å². The van der Waals surface area contributed by atoms with Crippen molar-refractivity contribution < 1.29 is 32.6 Å². The van der Waals surface area contributed by atoms with E-state index in [0.717, 1.165) is 23.1 Å². The standard InChI is InChI=1S/C31H27ClF3NO4S/c1-30(2,41-18-21-8-4-6-10-25(21)32)27(29(38)39)36-28(37)24-16-13-20-7-3-5-9-23(20)26(24)40-17-19-11-14-22(15-12-19)31(33,34)35/h3-16,27H,17-18H2,1-2H3,(H,36,37)(H,38,39). The van der Waals surface area contributed by atoms with Crippen LogP contribution >= 0.6 is 23.4 Å². The van der Waals surface area contributed by atoms with E-state index in [-0.39, 0.29) is 17.9 Å². The van der Waals surface area contributed by atoms with Crippen LogP contribution in [-0.4, -0.2) is 27.8 Å². The number of hydrogen-bond donors (Lipinski definition) is 2. The second kappa shape index (κ2) is 12.4. The number of aliphatic carboxylic acids is 1. The van der Waals surface area contributed by atoms with Crippen LogP contribution in [0.15, 0.2) is 84.9 Å². The molecule has 41 heavy (non-hydrogen) atoms. The van der Waals surface area contributed by atoms with Gasteiger partial charge in [-0.1, -0.05) is 72.3 Å². The second-order valence-corrected chi connectivity index (χ2v) is 11.9. The molecular weight excluding hydrogens is 575 g/mol. The number of halogens is 4. The lowest BCUT2D eigenvalue weighted by molar-refractivity contribution is -0.140. The molecule has 1 atom stereocenters. The summed E-state index contributed by atoms with van der Waals surface area (Å²) in [4.78, 5) is 25.9. The van der Waals surface area contributed by atoms with E-state index in [0.29, 0.717) is 21.7 Å². The van der Waals surface area contributed by atoms with E-state index in [1.54, 1.807) is 44.2 Å². The van der Waals surface area contributed by atoms with Crippen molar-refractivity contribution in [3.63, 3.8) is 0 Å². The Kier molecular flexibility index (Phi) is 9.19. The van der Waals surface area contributed by atoms with Crippen molar-refractivity contribution >= 4 is 46.0 Å². The predicted molar refractivity (Wildman–Crippen MR) is 155 cm³/mol. The van der Waals surface area contributed by atoms with E-state index >= 15 is 0 Å². The maximum Gasteiger partial charge on any atom is 0.416 e. The number of carboxylic acid groups (broad SMARTS) is 1. The quantitative estimate of drug-likeness (QED) is 0.193. The molecule has 0 aliphatic heterocycles. The van der Waals surface area contributed by atoms with Gasteiger partial charge in [-0.2, -0.15) is 13.2 Å². The Morgan fingerprint density at radius 3 is 2.27 bits per heavy atom. The van der Waals surface area contributed by atoms with Gasteiger partial charge in [0.05, 0.1) is 11.1 Å². The van der Waals surface area contributed by atoms with Crippen molar-refractivity contribution in [2.75, 3.05) is 0 Å². The largest absolute Gasteiger partial charge is 0.487 e. The summed E-state index contributed by atoms with van der Waals surface area (Å²) in [5.41, 5.74) is 0.643. The number of thioether (sulfide) groups is 1. The maximum absolute atomic E-state index is 13.6. The number of carboxylic acids is 1. The fraction of sp³-hybridized carbons (Fsp3) is 0.226. The molecule has 4 aromatic carbocycles. The molecule has 214 valence electrons. The van der Waals surface area contributed by atoms with Crippen LogP contribution in [0.3, 0.4) is 0 Å². The van der Waals surface area contributed by atoms with Crippen molar-refractivity contribution in [1.29, 1.82) is 0 Å². The third kappa shape index (κ3) is 7.34. The van der Waals surface area contributed by atoms with Gasteiger partial charge in [-0.15, -0.1) is 11.8 Å². The molecule has 10 heteroatoms. The van der Waals surface area contributed by atoms with Crippen molar-refractivity contribution in [2.24, 2.45) is 0 Å². The zero-order chi connectivity index (χ0) is 29.8. The first kappa shape index (κ1) is 30.3. The molecule has 1 unspecified atom stereocenters. The first-order chi connectivity index (χ1) is 19.4. The molecule has 0 saturated carbocycles. The van der Waals surface area contributed by atoms with E-state index < -0.39 is 34.4 Å². The highest BCUT2D eigenvalue weighted by Crippen LogP contribution is 2.35. The van der Waals surface area contributed by atoms with Crippen LogP contribution in [0.2, 0.25) is 5.02 Å². The monoisotopic (exact) mass is 601 g/mol. The number of carbonyl (C=O) groups is 2. The summed E-state index contributed by atoms with van der Waals surface area (Å²) in [5.74, 6) is -1.23. The summed E-state index contributed by atoms with van der Waals surface area (Å²) in [5, 5.41) is 14.7. The van der Waals surface area contributed by atoms with Crippen molar-refractivity contribution in [2.45, 2.75) is 43.2 Å². The summed E-state index contributed by atoms with van der Waals surface area (Å²) >= 11 is 7.61. The number of carbonyl (C=O) groups excluding carboxylic acids is 1. The molecule has 0 aromatic heterocycles. The molecule has 4 rings (SSSR count). The predicted octanol–water partition coefficient (Wildman–Crippen LogP) is 7.99. The smallest absolute Gasteiger partial charge is 0.416 e. The third-order valence-corrected chi connectivity index (χ3v) is 8.37. The topological polar surface area (TPSA) is 75.6 Å². The summed E-state index contributed by atoms with van der Waals surface area (Å²) in [6.07, 6.45) is -4.46. The lowest BCUT2D eigenvalue weighted by Crippen LogP contribution is -2.52. The molecule has 2 N–H and O–H groups in total. The maximum atomic E-state index is 13.6. The number of fused-ring (bicyclic) bond motifs is 1. The number of rotatable bonds is 10. The highest BCUT2D eigenvalue weighted by molar-refractivity contribution is 7.99. The Morgan fingerprint density at radius 2 is 1.61 bits per heavy atom. The van der Waals surface area contributed by atoms with Crippen LogP contribution in [0.5, 0.6) is 5.75 Å². The second-order valence-electron chi connectivity index (χ2n) is 9.87. The first-order valence-corrected chi connectivity index (χ1v) is 13.9. The number of benzene rings is 4. The van der Waals surface area contributed by atoms with Gasteiger partial charge in [0, 0.05) is 20.9 Å². The number of nitrogens with one attached hydrogen (secondary N) is 1. The first-order valence-electron chi connectivity index (χ1n) is 12.6. The molecule has 0 heterocycles. The molecule has 0 spiro atoms. The molecule has 4 aromatic rings. The highest BCUT2D eigenvalue weighted by Gasteiger charge is 2.38. The fourth-order valence-corrected chi connectivity index (χ4v) is 5.61. The number of hydrogen-bond acceptors (Lipinski definition) is 4. The molecule has 5 nitrogen and oxygen atoms in total. The van der Waals surface area contributed by atoms with Crippen molar-refractivity contribution in [1.82, 2.24) is 5.32 Å². The van der Waals surface area contributed by atoms with Gasteiger partial charge in [-0.3, -0.25) is 4.79 Å². The lowest BCUT2D eigenvalue weighted by atomic mass is 10.0. The average molecular weight is 602 g/mol. The third-order valence-electron chi connectivity index (χ3n) is 6.56. The Balaban J connectivity index is 1.58. The molecular formula is C31H27ClF3NO4S. The average Bonchev–Trinajstić information content (AvgIpc) is 2.93. The normalized spacial score (nSPS) is 12.6. The molecule has 0 aliphatic rings. The molecule has 0 bridgehead atoms. The van der Waals surface area contributed by atoms with Crippen LogP contribution in [0.4, 0.5) is 13.2 Å². The zero-order valence-corrected chi connectivity index (χ0v) is 23.7. The fourth-order valence-electron chi connectivity index (χ4n) is 4.23. The van der Waals surface area contributed by atoms with E-state index in [9.17, 15) is 27.9 Å². The Labute approximate surface area is 244 Å². The van der Waals surface area contributed by atoms with Gasteiger partial charge in [0.15, 0.2) is 0 Å². The Bertz CT molecular complexity index is 1560. The van der Waals surface area contributed by atoms with Crippen molar-refractivity contribution in [3.8, 4) is 5.75 Å². The van der Waals surface area contributed by atoms with Crippen LogP contribution < -0.4 is 10.1 Å². The van der Waals surface area contributed by atoms with Crippen LogP contribution in [0.25, 0.3) is 10.8 Å². The molecule has 1 amide bonds. The number of ether oxygens (including phenoxy) is 1. The van der Waals surface area contributed by atoms with Gasteiger partial charge in [-0.25, -0.2) is 4.79 Å². The Hall–Kier alpha value is -3.69. The lowest BCUT2D eigenvalue weighted by Gasteiger charge is -2.32. The number of amides is 1. The summed E-state index contributed by atoms with van der Waals surface area (Å²) in [6.45, 7) is 3.36. The van der Waals surface area contributed by atoms with Gasteiger partial charge in [-0.05, 0) is 54.6 Å². The summed E-state index contributed by atoms with van der Waals surface area (Å²) < 4.78 is 44.0. The van der Waals surface area contributed by atoms with Gasteiger partial charge < -0.3 is 15.2 Å². The number of alkyl halides is 3. The van der Waals surface area contributed by atoms with Crippen LogP contribution in [0.1, 0.15) is 40.9 Å². The SMILES string of the molecule is CC(C)(SCc1ccccc1Cl)C(NC(=O)c1ccc2ccccc2c1OCc1ccc(C(F)(F)F)cc1)C(=O)O. The zero-order valence-electron chi connectivity index (χ0n) is 22.2. The Morgan fingerprint density at radius 1 is 0.951 bits per heavy atom. The summed E-state index contributed by atoms with van der Waals surface area (Å²) in [7, 11) is 0. The molecule has 0 saturated heterocycles.